The number of benzene rings is 3. The maximum atomic E-state index is 14.1. The Morgan fingerprint density at radius 3 is 2.54 bits per heavy atom. The fraction of sp³-hybridized carbons (Fsp3) is 0.323. The Hall–Kier alpha value is -3.37. The molecule has 1 aliphatic heterocycles. The first kappa shape index (κ1) is 22.1. The van der Waals surface area contributed by atoms with E-state index in [1.807, 2.05) is 0 Å². The van der Waals surface area contributed by atoms with Crippen molar-refractivity contribution in [3.63, 3.8) is 0 Å². The second-order valence-electron chi connectivity index (χ2n) is 10.2. The van der Waals surface area contributed by atoms with Crippen molar-refractivity contribution in [1.29, 1.82) is 0 Å². The molecule has 1 aliphatic carbocycles. The van der Waals surface area contributed by atoms with E-state index in [4.69, 9.17) is 0 Å². The Labute approximate surface area is 207 Å². The molecule has 2 heterocycles. The van der Waals surface area contributed by atoms with E-state index in [0.717, 1.165) is 32.4 Å². The highest BCUT2D eigenvalue weighted by Crippen LogP contribution is 2.38. The van der Waals surface area contributed by atoms with Crippen LogP contribution in [0.1, 0.15) is 36.3 Å². The number of nitrogens with zero attached hydrogens (tertiary/aromatic N) is 2. The summed E-state index contributed by atoms with van der Waals surface area (Å²) in [6.45, 7) is 2.40. The summed E-state index contributed by atoms with van der Waals surface area (Å²) in [7, 11) is 2.09. The number of amides is 1. The van der Waals surface area contributed by atoms with Crippen LogP contribution in [-0.2, 0) is 18.4 Å². The lowest BCUT2D eigenvalue weighted by molar-refractivity contribution is -0.138. The van der Waals surface area contributed by atoms with Crippen molar-refractivity contribution in [1.82, 2.24) is 14.8 Å². The summed E-state index contributed by atoms with van der Waals surface area (Å²) in [6.07, 6.45) is 5.42. The number of carbonyl (C=O) groups excluding carboxylic acids is 1. The van der Waals surface area contributed by atoms with Gasteiger partial charge in [0.15, 0.2) is 0 Å². The zero-order valence-electron chi connectivity index (χ0n) is 20.4. The average Bonchev–Trinajstić information content (AvgIpc) is 3.71. The number of hydrogen-bond donors (Lipinski definition) is 1. The van der Waals surface area contributed by atoms with Gasteiger partial charge in [0.2, 0.25) is 5.91 Å². The molecule has 4 nitrogen and oxygen atoms in total. The Balaban J connectivity index is 1.29. The number of carbonyl (C=O) groups is 1. The molecule has 1 amide bonds. The molecule has 178 valence electrons. The SMILES string of the molecule is Cn1cc(CN(C(=O)[C@H]2CNCC[C@@H]2c2cccc(-c3ccccc3)c2)C2CC2)c2ccccc21. The smallest absolute Gasteiger partial charge is 0.228 e. The fourth-order valence-electron chi connectivity index (χ4n) is 5.82. The number of aromatic nitrogens is 1. The molecular weight excluding hydrogens is 430 g/mol. The minimum Gasteiger partial charge on any atom is -0.350 e. The van der Waals surface area contributed by atoms with Gasteiger partial charge in [-0.25, -0.2) is 0 Å². The van der Waals surface area contributed by atoms with Gasteiger partial charge in [-0.2, -0.15) is 0 Å². The molecule has 0 bridgehead atoms. The van der Waals surface area contributed by atoms with Gasteiger partial charge in [0.1, 0.15) is 0 Å². The Bertz CT molecular complexity index is 1340. The molecule has 1 saturated heterocycles. The van der Waals surface area contributed by atoms with Crippen LogP contribution in [-0.4, -0.2) is 34.5 Å². The lowest BCUT2D eigenvalue weighted by Crippen LogP contribution is -2.47. The summed E-state index contributed by atoms with van der Waals surface area (Å²) in [4.78, 5) is 16.3. The molecule has 2 atom stereocenters. The predicted octanol–water partition coefficient (Wildman–Crippen LogP) is 5.73. The molecule has 1 saturated carbocycles. The summed E-state index contributed by atoms with van der Waals surface area (Å²) in [5.41, 5.74) is 6.20. The molecule has 1 N–H and O–H groups in total. The van der Waals surface area contributed by atoms with Gasteiger partial charge in [-0.3, -0.25) is 4.79 Å². The van der Waals surface area contributed by atoms with Gasteiger partial charge in [0.05, 0.1) is 5.92 Å². The number of rotatable bonds is 6. The number of hydrogen-bond acceptors (Lipinski definition) is 2. The Kier molecular flexibility index (Phi) is 5.91. The first-order valence-electron chi connectivity index (χ1n) is 12.9. The summed E-state index contributed by atoms with van der Waals surface area (Å²) < 4.78 is 2.18. The third-order valence-electron chi connectivity index (χ3n) is 7.81. The quantitative estimate of drug-likeness (QED) is 0.397. The van der Waals surface area contributed by atoms with E-state index >= 15 is 0 Å². The van der Waals surface area contributed by atoms with Crippen molar-refractivity contribution >= 4 is 16.8 Å². The van der Waals surface area contributed by atoms with Crippen molar-refractivity contribution in [3.8, 4) is 11.1 Å². The van der Waals surface area contributed by atoms with Crippen LogP contribution in [0.25, 0.3) is 22.0 Å². The fourth-order valence-corrected chi connectivity index (χ4v) is 5.82. The van der Waals surface area contributed by atoms with Gasteiger partial charge in [-0.1, -0.05) is 72.8 Å². The van der Waals surface area contributed by atoms with Crippen LogP contribution in [0.3, 0.4) is 0 Å². The van der Waals surface area contributed by atoms with E-state index in [0.29, 0.717) is 18.5 Å². The average molecular weight is 464 g/mol. The maximum Gasteiger partial charge on any atom is 0.228 e. The zero-order valence-corrected chi connectivity index (χ0v) is 20.4. The van der Waals surface area contributed by atoms with Gasteiger partial charge in [-0.05, 0) is 60.0 Å². The minimum absolute atomic E-state index is 0.0367. The number of nitrogens with one attached hydrogen (secondary N) is 1. The summed E-state index contributed by atoms with van der Waals surface area (Å²) in [6, 6.07) is 28.3. The number of fused-ring (bicyclic) bond motifs is 1. The lowest BCUT2D eigenvalue weighted by atomic mass is 9.79. The van der Waals surface area contributed by atoms with Crippen LogP contribution in [0.5, 0.6) is 0 Å². The third kappa shape index (κ3) is 4.39. The van der Waals surface area contributed by atoms with Crippen LogP contribution in [0.2, 0.25) is 0 Å². The minimum atomic E-state index is -0.0367. The molecule has 0 radical (unpaired) electrons. The van der Waals surface area contributed by atoms with Crippen molar-refractivity contribution in [2.75, 3.05) is 13.1 Å². The molecule has 2 fully saturated rings. The maximum absolute atomic E-state index is 14.1. The second-order valence-corrected chi connectivity index (χ2v) is 10.2. The van der Waals surface area contributed by atoms with Crippen molar-refractivity contribution < 1.29 is 4.79 Å². The van der Waals surface area contributed by atoms with Gasteiger partial charge >= 0.3 is 0 Å². The van der Waals surface area contributed by atoms with Crippen LogP contribution in [0.15, 0.2) is 85.1 Å². The van der Waals surface area contributed by atoms with Crippen LogP contribution in [0, 0.1) is 5.92 Å². The molecule has 3 aromatic carbocycles. The molecule has 4 heteroatoms. The highest BCUT2D eigenvalue weighted by atomic mass is 16.2. The molecule has 2 aliphatic rings. The molecule has 4 aromatic rings. The molecule has 6 rings (SSSR count). The number of piperidine rings is 1. The Morgan fingerprint density at radius 1 is 0.943 bits per heavy atom. The Morgan fingerprint density at radius 2 is 1.71 bits per heavy atom. The number of aryl methyl sites for hydroxylation is 1. The predicted molar refractivity (Wildman–Crippen MR) is 142 cm³/mol. The number of para-hydroxylation sites is 1. The standard InChI is InChI=1S/C31H33N3O/c1-33-20-25(28-12-5-6-13-30(28)33)21-34(26-14-15-26)31(35)29-19-32-17-16-27(29)24-11-7-10-23(18-24)22-8-3-2-4-9-22/h2-13,18,20,26-27,29,32H,14-17,19,21H2,1H3/t27-,29+/m1/s1. The third-order valence-corrected chi connectivity index (χ3v) is 7.81. The van der Waals surface area contributed by atoms with Crippen molar-refractivity contribution in [2.24, 2.45) is 13.0 Å². The van der Waals surface area contributed by atoms with Crippen molar-refractivity contribution in [2.45, 2.75) is 37.8 Å². The van der Waals surface area contributed by atoms with Crippen LogP contribution < -0.4 is 5.32 Å². The highest BCUT2D eigenvalue weighted by Gasteiger charge is 2.40. The summed E-state index contributed by atoms with van der Waals surface area (Å²) in [5, 5.41) is 4.77. The summed E-state index contributed by atoms with van der Waals surface area (Å²) >= 11 is 0. The first-order chi connectivity index (χ1) is 17.2. The normalized spacial score (nSPS) is 20.1. The van der Waals surface area contributed by atoms with Gasteiger partial charge in [0.25, 0.3) is 0 Å². The summed E-state index contributed by atoms with van der Waals surface area (Å²) in [5.74, 6) is 0.509. The van der Waals surface area contributed by atoms with E-state index in [1.54, 1.807) is 0 Å². The van der Waals surface area contributed by atoms with E-state index in [2.05, 4.69) is 107 Å². The van der Waals surface area contributed by atoms with Gasteiger partial charge in [-0.15, -0.1) is 0 Å². The second kappa shape index (κ2) is 9.35. The molecule has 1 aromatic heterocycles. The largest absolute Gasteiger partial charge is 0.350 e. The molecule has 0 unspecified atom stereocenters. The first-order valence-corrected chi connectivity index (χ1v) is 12.9. The van der Waals surface area contributed by atoms with E-state index < -0.39 is 0 Å². The van der Waals surface area contributed by atoms with E-state index in [9.17, 15) is 4.79 Å². The van der Waals surface area contributed by atoms with Gasteiger partial charge < -0.3 is 14.8 Å². The molecule has 35 heavy (non-hydrogen) atoms. The molecule has 0 spiro atoms. The van der Waals surface area contributed by atoms with Crippen LogP contribution >= 0.6 is 0 Å². The monoisotopic (exact) mass is 463 g/mol. The zero-order chi connectivity index (χ0) is 23.8. The van der Waals surface area contributed by atoms with Crippen LogP contribution in [0.4, 0.5) is 0 Å². The topological polar surface area (TPSA) is 37.3 Å². The lowest BCUT2D eigenvalue weighted by Gasteiger charge is -2.36. The van der Waals surface area contributed by atoms with E-state index in [1.165, 1.54) is 33.2 Å². The van der Waals surface area contributed by atoms with Crippen molar-refractivity contribution in [3.05, 3.63) is 96.2 Å². The van der Waals surface area contributed by atoms with E-state index in [-0.39, 0.29) is 11.8 Å². The van der Waals surface area contributed by atoms with Gasteiger partial charge in [0, 0.05) is 43.3 Å². The highest BCUT2D eigenvalue weighted by molar-refractivity contribution is 5.85. The molecular formula is C31H33N3O.